The fourth-order valence-electron chi connectivity index (χ4n) is 3.78. The first-order valence-corrected chi connectivity index (χ1v) is 8.96. The van der Waals surface area contributed by atoms with Gasteiger partial charge in [-0.15, -0.1) is 0 Å². The van der Waals surface area contributed by atoms with Crippen LogP contribution in [0, 0.1) is 0 Å². The van der Waals surface area contributed by atoms with Crippen LogP contribution in [0.1, 0.15) is 0 Å². The second kappa shape index (κ2) is 6.16. The molecule has 0 bridgehead atoms. The van der Waals surface area contributed by atoms with Crippen LogP contribution in [0.2, 0.25) is 0 Å². The minimum Gasteiger partial charge on any atom is -0.0622 e. The van der Waals surface area contributed by atoms with Crippen molar-refractivity contribution < 1.29 is 0 Å². The lowest BCUT2D eigenvalue weighted by molar-refractivity contribution is 1.61. The number of fused-ring (bicyclic) bond motifs is 2. The minimum absolute atomic E-state index is 1.25. The van der Waals surface area contributed by atoms with Crippen LogP contribution >= 0.6 is 0 Å². The third-order valence-electron chi connectivity index (χ3n) is 5.05. The molecule has 0 aliphatic rings. The lowest BCUT2D eigenvalue weighted by Crippen LogP contribution is -1.86. The van der Waals surface area contributed by atoms with Gasteiger partial charge in [-0.2, -0.15) is 0 Å². The molecular formula is C26H18. The van der Waals surface area contributed by atoms with Crippen molar-refractivity contribution in [3.05, 3.63) is 109 Å². The highest BCUT2D eigenvalue weighted by Gasteiger charge is 2.09. The Hall–Kier alpha value is -3.38. The van der Waals surface area contributed by atoms with Gasteiger partial charge in [0.2, 0.25) is 0 Å². The van der Waals surface area contributed by atoms with E-state index in [0.717, 1.165) is 0 Å². The van der Waals surface area contributed by atoms with Crippen LogP contribution in [-0.2, 0) is 0 Å². The first kappa shape index (κ1) is 14.9. The molecule has 0 saturated heterocycles. The maximum Gasteiger partial charge on any atom is -0.00268 e. The summed E-state index contributed by atoms with van der Waals surface area (Å²) >= 11 is 0. The van der Waals surface area contributed by atoms with E-state index in [1.54, 1.807) is 0 Å². The molecule has 122 valence electrons. The van der Waals surface area contributed by atoms with Crippen molar-refractivity contribution in [1.29, 1.82) is 0 Å². The zero-order chi connectivity index (χ0) is 17.3. The number of rotatable bonds is 2. The normalized spacial score (nSPS) is 11.1. The van der Waals surface area contributed by atoms with E-state index >= 15 is 0 Å². The van der Waals surface area contributed by atoms with Crippen LogP contribution < -0.4 is 0 Å². The molecule has 0 amide bonds. The van der Waals surface area contributed by atoms with E-state index in [1.165, 1.54) is 43.8 Å². The van der Waals surface area contributed by atoms with E-state index in [0.29, 0.717) is 0 Å². The van der Waals surface area contributed by atoms with Gasteiger partial charge >= 0.3 is 0 Å². The fourth-order valence-corrected chi connectivity index (χ4v) is 3.78. The summed E-state index contributed by atoms with van der Waals surface area (Å²) < 4.78 is 0. The fraction of sp³-hybridized carbons (Fsp3) is 0. The van der Waals surface area contributed by atoms with E-state index in [-0.39, 0.29) is 0 Å². The molecule has 0 aliphatic carbocycles. The van der Waals surface area contributed by atoms with Crippen molar-refractivity contribution in [2.24, 2.45) is 0 Å². The van der Waals surface area contributed by atoms with Crippen LogP contribution in [0.4, 0.5) is 0 Å². The summed E-state index contributed by atoms with van der Waals surface area (Å²) in [4.78, 5) is 0. The van der Waals surface area contributed by atoms with Crippen molar-refractivity contribution in [3.8, 4) is 22.3 Å². The van der Waals surface area contributed by atoms with Crippen LogP contribution in [-0.4, -0.2) is 0 Å². The predicted molar refractivity (Wildman–Crippen MR) is 112 cm³/mol. The molecule has 0 heterocycles. The molecule has 0 aliphatic heterocycles. The Kier molecular flexibility index (Phi) is 3.54. The van der Waals surface area contributed by atoms with Gasteiger partial charge in [-0.25, -0.2) is 0 Å². The van der Waals surface area contributed by atoms with Crippen molar-refractivity contribution in [2.75, 3.05) is 0 Å². The second-order valence-electron chi connectivity index (χ2n) is 6.64. The average Bonchev–Trinajstić information content (AvgIpc) is 2.73. The monoisotopic (exact) mass is 330 g/mol. The maximum absolute atomic E-state index is 2.28. The highest BCUT2D eigenvalue weighted by molar-refractivity contribution is 6.12. The molecule has 0 N–H and O–H groups in total. The predicted octanol–water partition coefficient (Wildman–Crippen LogP) is 7.33. The largest absolute Gasteiger partial charge is 0.0622 e. The van der Waals surface area contributed by atoms with Gasteiger partial charge in [0, 0.05) is 0 Å². The summed E-state index contributed by atoms with van der Waals surface area (Å²) in [5.41, 5.74) is 5.08. The third-order valence-corrected chi connectivity index (χ3v) is 5.05. The molecule has 0 unspecified atom stereocenters. The Morgan fingerprint density at radius 3 is 1.42 bits per heavy atom. The van der Waals surface area contributed by atoms with Crippen LogP contribution in [0.15, 0.2) is 109 Å². The van der Waals surface area contributed by atoms with Crippen molar-refractivity contribution in [1.82, 2.24) is 0 Å². The van der Waals surface area contributed by atoms with E-state index in [1.807, 2.05) is 0 Å². The Morgan fingerprint density at radius 1 is 0.346 bits per heavy atom. The second-order valence-corrected chi connectivity index (χ2v) is 6.64. The summed E-state index contributed by atoms with van der Waals surface area (Å²) in [5.74, 6) is 0. The molecule has 0 saturated carbocycles. The Bertz CT molecular complexity index is 1150. The SMILES string of the molecule is c1ccc(-c2ccc(-c3c4ccccc4cc4ccccc34)cc2)cc1. The van der Waals surface area contributed by atoms with Gasteiger partial charge in [0.15, 0.2) is 0 Å². The molecule has 5 aromatic carbocycles. The van der Waals surface area contributed by atoms with Crippen LogP contribution in [0.3, 0.4) is 0 Å². The van der Waals surface area contributed by atoms with E-state index in [2.05, 4.69) is 109 Å². The molecule has 0 fully saturated rings. The summed E-state index contributed by atoms with van der Waals surface area (Å²) in [6.45, 7) is 0. The minimum atomic E-state index is 1.25. The Balaban J connectivity index is 1.75. The molecular weight excluding hydrogens is 312 g/mol. The molecule has 5 rings (SSSR count). The lowest BCUT2D eigenvalue weighted by atomic mass is 9.91. The highest BCUT2D eigenvalue weighted by atomic mass is 14.1. The van der Waals surface area contributed by atoms with Crippen molar-refractivity contribution >= 4 is 21.5 Å². The molecule has 0 radical (unpaired) electrons. The Labute approximate surface area is 153 Å². The van der Waals surface area contributed by atoms with Gasteiger partial charge in [0.05, 0.1) is 0 Å². The summed E-state index contributed by atoms with van der Waals surface area (Å²) in [7, 11) is 0. The molecule has 0 aromatic heterocycles. The topological polar surface area (TPSA) is 0 Å². The summed E-state index contributed by atoms with van der Waals surface area (Å²) in [6, 6.07) is 39.1. The summed E-state index contributed by atoms with van der Waals surface area (Å²) in [5, 5.41) is 5.18. The van der Waals surface area contributed by atoms with E-state index in [9.17, 15) is 0 Å². The van der Waals surface area contributed by atoms with Crippen molar-refractivity contribution in [2.45, 2.75) is 0 Å². The Morgan fingerprint density at radius 2 is 0.808 bits per heavy atom. The maximum atomic E-state index is 2.28. The van der Waals surface area contributed by atoms with Crippen LogP contribution in [0.25, 0.3) is 43.8 Å². The number of benzene rings is 5. The first-order valence-electron chi connectivity index (χ1n) is 8.96. The van der Waals surface area contributed by atoms with Crippen molar-refractivity contribution in [3.63, 3.8) is 0 Å². The smallest absolute Gasteiger partial charge is 0.00268 e. The number of hydrogen-bond donors (Lipinski definition) is 0. The van der Waals surface area contributed by atoms with E-state index < -0.39 is 0 Å². The lowest BCUT2D eigenvalue weighted by Gasteiger charge is -2.12. The zero-order valence-corrected chi connectivity index (χ0v) is 14.4. The van der Waals surface area contributed by atoms with Gasteiger partial charge in [-0.3, -0.25) is 0 Å². The molecule has 5 aromatic rings. The first-order chi connectivity index (χ1) is 12.9. The standard InChI is InChI=1S/C26H18/c1-2-8-19(9-3-1)20-14-16-21(17-15-20)26-24-12-6-4-10-22(24)18-23-11-5-7-13-25(23)26/h1-18H. The van der Waals surface area contributed by atoms with Gasteiger partial charge < -0.3 is 0 Å². The summed E-state index contributed by atoms with van der Waals surface area (Å²) in [6.07, 6.45) is 0. The van der Waals surface area contributed by atoms with Gasteiger partial charge in [-0.1, -0.05) is 103 Å². The highest BCUT2D eigenvalue weighted by Crippen LogP contribution is 2.37. The van der Waals surface area contributed by atoms with Gasteiger partial charge in [-0.05, 0) is 49.9 Å². The molecule has 0 heteroatoms. The van der Waals surface area contributed by atoms with Crippen LogP contribution in [0.5, 0.6) is 0 Å². The van der Waals surface area contributed by atoms with Gasteiger partial charge in [0.1, 0.15) is 0 Å². The van der Waals surface area contributed by atoms with E-state index in [4.69, 9.17) is 0 Å². The molecule has 0 nitrogen and oxygen atoms in total. The molecule has 0 atom stereocenters. The van der Waals surface area contributed by atoms with Gasteiger partial charge in [0.25, 0.3) is 0 Å². The third kappa shape index (κ3) is 2.48. The molecule has 26 heavy (non-hydrogen) atoms. The molecule has 0 spiro atoms. The quantitative estimate of drug-likeness (QED) is 0.297. The zero-order valence-electron chi connectivity index (χ0n) is 14.4. The number of hydrogen-bond acceptors (Lipinski definition) is 0. The average molecular weight is 330 g/mol.